The molecule has 0 bridgehead atoms. The smallest absolute Gasteiger partial charge is 0.229 e. The van der Waals surface area contributed by atoms with E-state index in [2.05, 4.69) is 20.6 Å². The van der Waals surface area contributed by atoms with E-state index < -0.39 is 5.82 Å². The Kier molecular flexibility index (Phi) is 3.28. The van der Waals surface area contributed by atoms with Gasteiger partial charge in [-0.15, -0.1) is 0 Å². The van der Waals surface area contributed by atoms with Crippen molar-refractivity contribution in [3.63, 3.8) is 0 Å². The van der Waals surface area contributed by atoms with Crippen LogP contribution in [-0.2, 0) is 0 Å². The Morgan fingerprint density at radius 1 is 1.35 bits per heavy atom. The third kappa shape index (κ3) is 2.90. The highest BCUT2D eigenvalue weighted by molar-refractivity contribution is 5.77. The van der Waals surface area contributed by atoms with Gasteiger partial charge >= 0.3 is 0 Å². The number of hydrogen-bond donors (Lipinski definition) is 2. The molecule has 1 aromatic heterocycles. The van der Waals surface area contributed by atoms with Gasteiger partial charge in [0.05, 0.1) is 6.20 Å². The van der Waals surface area contributed by atoms with Crippen molar-refractivity contribution in [2.75, 3.05) is 10.6 Å². The zero-order valence-corrected chi connectivity index (χ0v) is 10.6. The maximum atomic E-state index is 13.6. The predicted octanol–water partition coefficient (Wildman–Crippen LogP) is 2.75. The molecule has 2 aromatic rings. The van der Waals surface area contributed by atoms with Crippen LogP contribution in [0.1, 0.15) is 23.2 Å². The summed E-state index contributed by atoms with van der Waals surface area (Å²) in [6, 6.07) is 7.22. The number of carbonyl (C=O) groups excluding carboxylic acids is 1. The summed E-state index contributed by atoms with van der Waals surface area (Å²) in [6.45, 7) is 0. The molecule has 0 amide bonds. The SMILES string of the molecule is O=Cc1cccc(Nc2ncc(F)c(NC3CC3)n2)c1. The van der Waals surface area contributed by atoms with E-state index in [-0.39, 0.29) is 11.8 Å². The van der Waals surface area contributed by atoms with Crippen LogP contribution in [-0.4, -0.2) is 22.3 Å². The molecule has 0 atom stereocenters. The van der Waals surface area contributed by atoms with Crippen LogP contribution in [0.15, 0.2) is 30.5 Å². The van der Waals surface area contributed by atoms with Gasteiger partial charge in [0.2, 0.25) is 5.95 Å². The molecule has 0 saturated heterocycles. The molecule has 0 radical (unpaired) electrons. The number of hydrogen-bond acceptors (Lipinski definition) is 5. The van der Waals surface area contributed by atoms with E-state index in [1.807, 2.05) is 0 Å². The summed E-state index contributed by atoms with van der Waals surface area (Å²) < 4.78 is 13.6. The van der Waals surface area contributed by atoms with Gasteiger partial charge in [-0.3, -0.25) is 4.79 Å². The summed E-state index contributed by atoms with van der Waals surface area (Å²) in [5.41, 5.74) is 1.23. The highest BCUT2D eigenvalue weighted by Crippen LogP contribution is 2.25. The van der Waals surface area contributed by atoms with E-state index in [4.69, 9.17) is 0 Å². The van der Waals surface area contributed by atoms with Crippen molar-refractivity contribution in [3.8, 4) is 0 Å². The summed E-state index contributed by atoms with van der Waals surface area (Å²) >= 11 is 0. The van der Waals surface area contributed by atoms with E-state index in [0.29, 0.717) is 17.3 Å². The van der Waals surface area contributed by atoms with Gasteiger partial charge in [-0.25, -0.2) is 9.37 Å². The minimum absolute atomic E-state index is 0.205. The average molecular weight is 272 g/mol. The number of anilines is 3. The van der Waals surface area contributed by atoms with Crippen LogP contribution < -0.4 is 10.6 Å². The Hall–Kier alpha value is -2.50. The van der Waals surface area contributed by atoms with Gasteiger partial charge in [-0.05, 0) is 25.0 Å². The van der Waals surface area contributed by atoms with E-state index in [0.717, 1.165) is 25.3 Å². The molecule has 102 valence electrons. The average Bonchev–Trinajstić information content (AvgIpc) is 3.27. The number of benzene rings is 1. The summed E-state index contributed by atoms with van der Waals surface area (Å²) in [7, 11) is 0. The molecule has 2 N–H and O–H groups in total. The van der Waals surface area contributed by atoms with Crippen LogP contribution in [0.4, 0.5) is 21.8 Å². The molecular weight excluding hydrogens is 259 g/mol. The Morgan fingerprint density at radius 3 is 2.95 bits per heavy atom. The largest absolute Gasteiger partial charge is 0.365 e. The fourth-order valence-corrected chi connectivity index (χ4v) is 1.77. The van der Waals surface area contributed by atoms with Crippen molar-refractivity contribution in [2.24, 2.45) is 0 Å². The first-order valence-corrected chi connectivity index (χ1v) is 6.36. The second-order valence-corrected chi connectivity index (χ2v) is 4.68. The van der Waals surface area contributed by atoms with Crippen molar-refractivity contribution in [1.29, 1.82) is 0 Å². The molecule has 5 nitrogen and oxygen atoms in total. The second-order valence-electron chi connectivity index (χ2n) is 4.68. The zero-order chi connectivity index (χ0) is 13.9. The molecule has 0 unspecified atom stereocenters. The van der Waals surface area contributed by atoms with Crippen LogP contribution in [0.2, 0.25) is 0 Å². The first-order chi connectivity index (χ1) is 9.74. The van der Waals surface area contributed by atoms with Gasteiger partial charge in [-0.1, -0.05) is 12.1 Å². The summed E-state index contributed by atoms with van der Waals surface area (Å²) in [5.74, 6) is 0.0261. The molecule has 1 heterocycles. The number of carbonyl (C=O) groups is 1. The van der Waals surface area contributed by atoms with Crippen LogP contribution in [0.25, 0.3) is 0 Å². The van der Waals surface area contributed by atoms with Crippen LogP contribution in [0.5, 0.6) is 0 Å². The van der Waals surface area contributed by atoms with Crippen LogP contribution >= 0.6 is 0 Å². The fourth-order valence-electron chi connectivity index (χ4n) is 1.77. The molecule has 3 rings (SSSR count). The van der Waals surface area contributed by atoms with Gasteiger partial charge in [0, 0.05) is 17.3 Å². The van der Waals surface area contributed by atoms with Gasteiger partial charge in [-0.2, -0.15) is 4.98 Å². The van der Waals surface area contributed by atoms with E-state index in [1.165, 1.54) is 0 Å². The first-order valence-electron chi connectivity index (χ1n) is 6.36. The minimum atomic E-state index is -0.468. The normalized spacial score (nSPS) is 13.8. The number of halogens is 1. The molecule has 0 spiro atoms. The van der Waals surface area contributed by atoms with Gasteiger partial charge in [0.15, 0.2) is 11.6 Å². The molecule has 1 fully saturated rings. The number of aromatic nitrogens is 2. The van der Waals surface area contributed by atoms with E-state index >= 15 is 0 Å². The monoisotopic (exact) mass is 272 g/mol. The number of nitrogens with zero attached hydrogens (tertiary/aromatic N) is 2. The van der Waals surface area contributed by atoms with Crippen molar-refractivity contribution in [2.45, 2.75) is 18.9 Å². The summed E-state index contributed by atoms with van der Waals surface area (Å²) in [6.07, 6.45) is 3.96. The lowest BCUT2D eigenvalue weighted by Gasteiger charge is -2.08. The van der Waals surface area contributed by atoms with Crippen molar-refractivity contribution < 1.29 is 9.18 Å². The van der Waals surface area contributed by atoms with Crippen molar-refractivity contribution in [3.05, 3.63) is 41.8 Å². The number of rotatable bonds is 5. The highest BCUT2D eigenvalue weighted by atomic mass is 19.1. The second kappa shape index (κ2) is 5.24. The molecular formula is C14H13FN4O. The third-order valence-electron chi connectivity index (χ3n) is 2.94. The number of aldehydes is 1. The number of nitrogens with one attached hydrogen (secondary N) is 2. The van der Waals surface area contributed by atoms with Gasteiger partial charge in [0.25, 0.3) is 0 Å². The highest BCUT2D eigenvalue weighted by Gasteiger charge is 2.23. The fraction of sp³-hybridized carbons (Fsp3) is 0.214. The molecule has 1 aliphatic carbocycles. The molecule has 1 aliphatic rings. The summed E-state index contributed by atoms with van der Waals surface area (Å²) in [4.78, 5) is 18.7. The standard InChI is InChI=1S/C14H13FN4O/c15-12-7-16-14(19-13(12)17-10-4-5-10)18-11-3-1-2-9(6-11)8-20/h1-3,6-8,10H,4-5H2,(H2,16,17,18,19). The lowest BCUT2D eigenvalue weighted by Crippen LogP contribution is -2.08. The quantitative estimate of drug-likeness (QED) is 0.819. The van der Waals surface area contributed by atoms with Crippen LogP contribution in [0, 0.1) is 5.82 Å². The Morgan fingerprint density at radius 2 is 2.20 bits per heavy atom. The van der Waals surface area contributed by atoms with Gasteiger partial charge in [0.1, 0.15) is 6.29 Å². The Labute approximate surface area is 115 Å². The molecule has 1 aromatic carbocycles. The molecule has 1 saturated carbocycles. The first kappa shape index (κ1) is 12.5. The zero-order valence-electron chi connectivity index (χ0n) is 10.6. The lowest BCUT2D eigenvalue weighted by atomic mass is 10.2. The third-order valence-corrected chi connectivity index (χ3v) is 2.94. The summed E-state index contributed by atoms with van der Waals surface area (Å²) in [5, 5.41) is 5.96. The van der Waals surface area contributed by atoms with Crippen molar-refractivity contribution in [1.82, 2.24) is 9.97 Å². The molecule has 20 heavy (non-hydrogen) atoms. The lowest BCUT2D eigenvalue weighted by molar-refractivity contribution is 0.112. The minimum Gasteiger partial charge on any atom is -0.365 e. The van der Waals surface area contributed by atoms with Gasteiger partial charge < -0.3 is 10.6 Å². The van der Waals surface area contributed by atoms with Crippen molar-refractivity contribution >= 4 is 23.7 Å². The Bertz CT molecular complexity index is 643. The maximum absolute atomic E-state index is 13.6. The van der Waals surface area contributed by atoms with E-state index in [1.54, 1.807) is 24.3 Å². The topological polar surface area (TPSA) is 66.9 Å². The molecule has 0 aliphatic heterocycles. The molecule has 6 heteroatoms. The Balaban J connectivity index is 1.80. The maximum Gasteiger partial charge on any atom is 0.229 e. The predicted molar refractivity (Wildman–Crippen MR) is 73.7 cm³/mol. The van der Waals surface area contributed by atoms with E-state index in [9.17, 15) is 9.18 Å². The van der Waals surface area contributed by atoms with Crippen LogP contribution in [0.3, 0.4) is 0 Å².